The maximum Gasteiger partial charge on any atom is 0.338 e. The molecule has 0 bridgehead atoms. The number of hydrogen-bond donors (Lipinski definition) is 0. The predicted octanol–water partition coefficient (Wildman–Crippen LogP) is 3.56. The van der Waals surface area contributed by atoms with Gasteiger partial charge in [0, 0.05) is 11.1 Å². The molecule has 8 heteroatoms. The molecule has 2 aliphatic heterocycles. The second-order valence-electron chi connectivity index (χ2n) is 9.17. The molecule has 0 saturated carbocycles. The molecule has 2 heterocycles. The topological polar surface area (TPSA) is 107 Å². The van der Waals surface area contributed by atoms with Gasteiger partial charge in [0.05, 0.1) is 35.8 Å². The van der Waals surface area contributed by atoms with Crippen molar-refractivity contribution >= 4 is 35.0 Å². The first-order valence-corrected chi connectivity index (χ1v) is 12.0. The van der Waals surface area contributed by atoms with Gasteiger partial charge in [0.1, 0.15) is 0 Å². The Morgan fingerprint density at radius 1 is 0.838 bits per heavy atom. The predicted molar refractivity (Wildman–Crippen MR) is 130 cm³/mol. The first-order valence-electron chi connectivity index (χ1n) is 12.0. The third-order valence-corrected chi connectivity index (χ3v) is 7.28. The number of hydrogen-bond acceptors (Lipinski definition) is 7. The fourth-order valence-corrected chi connectivity index (χ4v) is 5.68. The minimum Gasteiger partial charge on any atom is -0.462 e. The summed E-state index contributed by atoms with van der Waals surface area (Å²) in [6, 6.07) is 21.0. The third-order valence-electron chi connectivity index (χ3n) is 7.28. The van der Waals surface area contributed by atoms with Gasteiger partial charge < -0.3 is 9.47 Å². The lowest BCUT2D eigenvalue weighted by Crippen LogP contribution is -2.51. The van der Waals surface area contributed by atoms with Gasteiger partial charge >= 0.3 is 5.97 Å². The van der Waals surface area contributed by atoms with E-state index in [1.165, 1.54) is 36.4 Å². The van der Waals surface area contributed by atoms with Crippen LogP contribution in [0.3, 0.4) is 0 Å². The van der Waals surface area contributed by atoms with Crippen molar-refractivity contribution in [1.82, 2.24) is 0 Å². The Hall–Kier alpha value is -4.43. The van der Waals surface area contributed by atoms with Crippen LogP contribution in [0.15, 0.2) is 78.9 Å². The van der Waals surface area contributed by atoms with Crippen LogP contribution < -0.4 is 4.90 Å². The van der Waals surface area contributed by atoms with Crippen molar-refractivity contribution in [2.24, 2.45) is 11.8 Å². The van der Waals surface area contributed by atoms with Crippen LogP contribution in [0.25, 0.3) is 0 Å². The number of rotatable bonds is 4. The Bertz CT molecular complexity index is 1440. The first kappa shape index (κ1) is 23.0. The second kappa shape index (κ2) is 8.31. The summed E-state index contributed by atoms with van der Waals surface area (Å²) in [5.74, 6) is -5.41. The SMILES string of the molecule is CCOC(=O)c1ccc(N2C(=O)[C@@H]3[C@@H](C2=O)C2(O[C@H]3c3ccccc3)C(=O)c3ccccc3C2=O)cc1. The van der Waals surface area contributed by atoms with Crippen LogP contribution in [0.4, 0.5) is 5.69 Å². The highest BCUT2D eigenvalue weighted by Gasteiger charge is 2.74. The maximum atomic E-state index is 13.9. The first-order chi connectivity index (χ1) is 17.9. The molecule has 3 aliphatic rings. The zero-order valence-corrected chi connectivity index (χ0v) is 19.7. The molecule has 0 N–H and O–H groups in total. The van der Waals surface area contributed by atoms with Gasteiger partial charge in [-0.3, -0.25) is 19.2 Å². The molecule has 2 saturated heterocycles. The van der Waals surface area contributed by atoms with Gasteiger partial charge in [-0.2, -0.15) is 0 Å². The molecule has 2 amide bonds. The molecule has 184 valence electrons. The highest BCUT2D eigenvalue weighted by atomic mass is 16.5. The summed E-state index contributed by atoms with van der Waals surface area (Å²) in [4.78, 5) is 68.3. The van der Waals surface area contributed by atoms with Gasteiger partial charge in [0.15, 0.2) is 0 Å². The Labute approximate surface area is 211 Å². The molecule has 3 atom stereocenters. The van der Waals surface area contributed by atoms with Gasteiger partial charge in [-0.25, -0.2) is 9.69 Å². The highest BCUT2D eigenvalue weighted by molar-refractivity contribution is 6.37. The smallest absolute Gasteiger partial charge is 0.338 e. The van der Waals surface area contributed by atoms with Crippen molar-refractivity contribution in [3.8, 4) is 0 Å². The van der Waals surface area contributed by atoms with Crippen LogP contribution in [0, 0.1) is 11.8 Å². The molecule has 0 aromatic heterocycles. The average molecular weight is 495 g/mol. The minimum absolute atomic E-state index is 0.178. The van der Waals surface area contributed by atoms with Crippen molar-refractivity contribution in [1.29, 1.82) is 0 Å². The molecule has 1 aliphatic carbocycles. The number of carbonyl (C=O) groups excluding carboxylic acids is 5. The van der Waals surface area contributed by atoms with Gasteiger partial charge in [-0.15, -0.1) is 0 Å². The number of nitrogens with zero attached hydrogens (tertiary/aromatic N) is 1. The quantitative estimate of drug-likeness (QED) is 0.309. The summed E-state index contributed by atoms with van der Waals surface area (Å²) in [6.07, 6.45) is -0.978. The van der Waals surface area contributed by atoms with Crippen LogP contribution in [-0.2, 0) is 19.1 Å². The van der Waals surface area contributed by atoms with E-state index in [9.17, 15) is 24.0 Å². The number of amides is 2. The molecule has 37 heavy (non-hydrogen) atoms. The largest absolute Gasteiger partial charge is 0.462 e. The lowest BCUT2D eigenvalue weighted by atomic mass is 9.77. The number of anilines is 1. The maximum absolute atomic E-state index is 13.9. The molecule has 0 unspecified atom stereocenters. The Morgan fingerprint density at radius 2 is 1.43 bits per heavy atom. The zero-order valence-electron chi connectivity index (χ0n) is 19.7. The van der Waals surface area contributed by atoms with E-state index in [0.717, 1.165) is 4.90 Å². The minimum atomic E-state index is -2.12. The van der Waals surface area contributed by atoms with Crippen molar-refractivity contribution in [2.75, 3.05) is 11.5 Å². The fraction of sp³-hybridized carbons (Fsp3) is 0.207. The Balaban J connectivity index is 1.46. The van der Waals surface area contributed by atoms with Crippen LogP contribution >= 0.6 is 0 Å². The van der Waals surface area contributed by atoms with Crippen molar-refractivity contribution in [3.63, 3.8) is 0 Å². The summed E-state index contributed by atoms with van der Waals surface area (Å²) < 4.78 is 11.2. The van der Waals surface area contributed by atoms with E-state index >= 15 is 0 Å². The molecule has 2 fully saturated rings. The number of Topliss-reactive ketones (excluding diaryl/α,β-unsaturated/α-hetero) is 2. The number of benzene rings is 3. The number of carbonyl (C=O) groups is 5. The molecular formula is C29H21NO7. The second-order valence-corrected chi connectivity index (χ2v) is 9.17. The van der Waals surface area contributed by atoms with E-state index in [1.807, 2.05) is 0 Å². The van der Waals surface area contributed by atoms with E-state index in [0.29, 0.717) is 5.56 Å². The zero-order chi connectivity index (χ0) is 25.9. The average Bonchev–Trinajstić information content (AvgIpc) is 3.49. The summed E-state index contributed by atoms with van der Waals surface area (Å²) in [6.45, 7) is 1.90. The number of esters is 1. The molecule has 1 spiro atoms. The van der Waals surface area contributed by atoms with E-state index in [-0.39, 0.29) is 29.0 Å². The Morgan fingerprint density at radius 3 is 2.03 bits per heavy atom. The summed E-state index contributed by atoms with van der Waals surface area (Å²) >= 11 is 0. The van der Waals surface area contributed by atoms with Crippen molar-refractivity contribution in [2.45, 2.75) is 18.6 Å². The van der Waals surface area contributed by atoms with Gasteiger partial charge in [-0.05, 0) is 36.8 Å². The highest BCUT2D eigenvalue weighted by Crippen LogP contribution is 2.57. The van der Waals surface area contributed by atoms with Crippen molar-refractivity contribution < 1.29 is 33.4 Å². The van der Waals surface area contributed by atoms with Gasteiger partial charge in [-0.1, -0.05) is 54.6 Å². The van der Waals surface area contributed by atoms with Crippen LogP contribution in [-0.4, -0.2) is 41.6 Å². The number of fused-ring (bicyclic) bond motifs is 3. The Kier molecular flexibility index (Phi) is 5.17. The summed E-state index contributed by atoms with van der Waals surface area (Å²) in [5, 5.41) is 0. The van der Waals surface area contributed by atoms with Crippen LogP contribution in [0.2, 0.25) is 0 Å². The van der Waals surface area contributed by atoms with Crippen molar-refractivity contribution in [3.05, 3.63) is 101 Å². The van der Waals surface area contributed by atoms with Crippen LogP contribution in [0.5, 0.6) is 0 Å². The molecule has 8 nitrogen and oxygen atoms in total. The lowest BCUT2D eigenvalue weighted by molar-refractivity contribution is -0.127. The normalized spacial score (nSPS) is 23.5. The molecular weight excluding hydrogens is 474 g/mol. The summed E-state index contributed by atoms with van der Waals surface area (Å²) in [7, 11) is 0. The number of imide groups is 1. The molecule has 3 aromatic carbocycles. The molecule has 0 radical (unpaired) electrons. The van der Waals surface area contributed by atoms with E-state index in [4.69, 9.17) is 9.47 Å². The van der Waals surface area contributed by atoms with E-state index < -0.39 is 52.9 Å². The number of ether oxygens (including phenoxy) is 2. The van der Waals surface area contributed by atoms with E-state index in [2.05, 4.69) is 0 Å². The monoisotopic (exact) mass is 495 g/mol. The van der Waals surface area contributed by atoms with Gasteiger partial charge in [0.25, 0.3) is 0 Å². The third kappa shape index (κ3) is 3.09. The van der Waals surface area contributed by atoms with E-state index in [1.54, 1.807) is 49.4 Å². The lowest BCUT2D eigenvalue weighted by Gasteiger charge is -2.27. The fourth-order valence-electron chi connectivity index (χ4n) is 5.68. The molecule has 3 aromatic rings. The van der Waals surface area contributed by atoms with Crippen LogP contribution in [0.1, 0.15) is 49.7 Å². The van der Waals surface area contributed by atoms with Gasteiger partial charge in [0.2, 0.25) is 29.0 Å². The standard InChI is InChI=1S/C29H21NO7/c1-2-36-28(35)17-12-14-18(15-13-17)30-26(33)21-22(27(30)34)29(37-23(21)16-8-4-3-5-9-16)24(31)19-10-6-7-11-20(19)25(29)32/h3-15,21-23H,2H2,1H3/t21-,22+,23+/m1/s1. The summed E-state index contributed by atoms with van der Waals surface area (Å²) in [5.41, 5.74) is -0.680. The number of ketones is 2. The molecule has 6 rings (SSSR count).